The Morgan fingerprint density at radius 2 is 1.70 bits per heavy atom. The molecular weight excluding hydrogens is 364 g/mol. The summed E-state index contributed by atoms with van der Waals surface area (Å²) in [6.07, 6.45) is 0.953. The van der Waals surface area contributed by atoms with Gasteiger partial charge in [0.2, 0.25) is 5.91 Å². The zero-order chi connectivity index (χ0) is 19.9. The van der Waals surface area contributed by atoms with Crippen LogP contribution < -0.4 is 10.2 Å². The SMILES string of the molecule is COc1ccc(S(=O)(=O)N(Cc2ccccc2)NC(=O)CCC(C)C)cc1. The monoisotopic (exact) mass is 390 g/mol. The molecule has 2 aromatic carbocycles. The second kappa shape index (κ2) is 9.53. The molecule has 7 heteroatoms. The number of hydrogen-bond acceptors (Lipinski definition) is 4. The molecule has 0 bridgehead atoms. The molecule has 1 N–H and O–H groups in total. The highest BCUT2D eigenvalue weighted by atomic mass is 32.2. The maximum absolute atomic E-state index is 13.1. The first kappa shape index (κ1) is 20.9. The lowest BCUT2D eigenvalue weighted by molar-refractivity contribution is -0.124. The molecule has 0 unspecified atom stereocenters. The molecule has 27 heavy (non-hydrogen) atoms. The molecule has 0 heterocycles. The molecule has 146 valence electrons. The smallest absolute Gasteiger partial charge is 0.260 e. The standard InChI is InChI=1S/C20H26N2O4S/c1-16(2)9-14-20(23)21-22(15-17-7-5-4-6-8-17)27(24,25)19-12-10-18(26-3)11-13-19/h4-8,10-13,16H,9,14-15H2,1-3H3,(H,21,23). The molecule has 2 rings (SSSR count). The topological polar surface area (TPSA) is 75.7 Å². The number of hydrazine groups is 1. The molecule has 0 aliphatic heterocycles. The highest BCUT2D eigenvalue weighted by molar-refractivity contribution is 7.89. The number of benzene rings is 2. The Balaban J connectivity index is 2.27. The van der Waals surface area contributed by atoms with Gasteiger partial charge in [0.05, 0.1) is 18.6 Å². The third-order valence-corrected chi connectivity index (χ3v) is 5.68. The number of sulfonamides is 1. The zero-order valence-corrected chi connectivity index (χ0v) is 16.7. The van der Waals surface area contributed by atoms with Gasteiger partial charge in [0.15, 0.2) is 0 Å². The van der Waals surface area contributed by atoms with E-state index in [9.17, 15) is 13.2 Å². The molecule has 0 radical (unpaired) electrons. The number of methoxy groups -OCH3 is 1. The first-order chi connectivity index (χ1) is 12.8. The molecular formula is C20H26N2O4S. The minimum Gasteiger partial charge on any atom is -0.497 e. The van der Waals surface area contributed by atoms with Crippen molar-refractivity contribution in [3.05, 3.63) is 60.2 Å². The van der Waals surface area contributed by atoms with E-state index in [1.807, 2.05) is 44.2 Å². The summed E-state index contributed by atoms with van der Waals surface area (Å²) in [5.74, 6) is 0.595. The minimum absolute atomic E-state index is 0.0443. The van der Waals surface area contributed by atoms with Gasteiger partial charge in [-0.05, 0) is 42.2 Å². The van der Waals surface area contributed by atoms with E-state index in [4.69, 9.17) is 4.74 Å². The zero-order valence-electron chi connectivity index (χ0n) is 15.9. The lowest BCUT2D eigenvalue weighted by Crippen LogP contribution is -2.45. The van der Waals surface area contributed by atoms with Crippen LogP contribution in [0.3, 0.4) is 0 Å². The normalized spacial score (nSPS) is 11.6. The number of amides is 1. The molecule has 0 aliphatic rings. The second-order valence-electron chi connectivity index (χ2n) is 6.64. The summed E-state index contributed by atoms with van der Waals surface area (Å²) in [4.78, 5) is 12.4. The number of ether oxygens (including phenoxy) is 1. The number of nitrogens with one attached hydrogen (secondary N) is 1. The van der Waals surface area contributed by atoms with Crippen molar-refractivity contribution in [2.75, 3.05) is 7.11 Å². The highest BCUT2D eigenvalue weighted by Crippen LogP contribution is 2.20. The van der Waals surface area contributed by atoms with Crippen LogP contribution in [0.4, 0.5) is 0 Å². The summed E-state index contributed by atoms with van der Waals surface area (Å²) < 4.78 is 32.2. The molecule has 0 spiro atoms. The number of carbonyl (C=O) groups excluding carboxylic acids is 1. The quantitative estimate of drug-likeness (QED) is 0.666. The Bertz CT molecular complexity index is 834. The molecule has 1 amide bonds. The lowest BCUT2D eigenvalue weighted by Gasteiger charge is -2.23. The molecule has 6 nitrogen and oxygen atoms in total. The summed E-state index contributed by atoms with van der Waals surface area (Å²) in [5, 5.41) is 0. The van der Waals surface area contributed by atoms with Gasteiger partial charge in [0, 0.05) is 6.42 Å². The van der Waals surface area contributed by atoms with Crippen LogP contribution in [0.2, 0.25) is 0 Å². The summed E-state index contributed by atoms with van der Waals surface area (Å²) in [6.45, 7) is 4.08. The molecule has 0 fully saturated rings. The molecule has 0 atom stereocenters. The Labute approximate surface area is 161 Å². The fourth-order valence-electron chi connectivity index (χ4n) is 2.42. The number of nitrogens with zero attached hydrogens (tertiary/aromatic N) is 1. The van der Waals surface area contributed by atoms with Crippen molar-refractivity contribution < 1.29 is 17.9 Å². The van der Waals surface area contributed by atoms with E-state index in [0.29, 0.717) is 18.1 Å². The predicted octanol–water partition coefficient (Wildman–Crippen LogP) is 3.35. The minimum atomic E-state index is -3.91. The van der Waals surface area contributed by atoms with Gasteiger partial charge >= 0.3 is 0 Å². The van der Waals surface area contributed by atoms with Crippen molar-refractivity contribution in [2.24, 2.45) is 5.92 Å². The Hall–Kier alpha value is -2.38. The number of hydrogen-bond donors (Lipinski definition) is 1. The molecule has 0 saturated heterocycles. The maximum Gasteiger partial charge on any atom is 0.260 e. The van der Waals surface area contributed by atoms with Gasteiger partial charge in [-0.3, -0.25) is 10.2 Å². The van der Waals surface area contributed by atoms with E-state index >= 15 is 0 Å². The largest absolute Gasteiger partial charge is 0.497 e. The van der Waals surface area contributed by atoms with Crippen LogP contribution in [-0.4, -0.2) is 25.8 Å². The number of rotatable bonds is 9. The van der Waals surface area contributed by atoms with Crippen molar-refractivity contribution in [1.29, 1.82) is 0 Å². The second-order valence-corrected chi connectivity index (χ2v) is 8.50. The maximum atomic E-state index is 13.1. The van der Waals surface area contributed by atoms with Gasteiger partial charge in [-0.1, -0.05) is 44.2 Å². The average Bonchev–Trinajstić information content (AvgIpc) is 2.66. The van der Waals surface area contributed by atoms with Crippen LogP contribution in [0.25, 0.3) is 0 Å². The Kier molecular flexibility index (Phi) is 7.38. The fourth-order valence-corrected chi connectivity index (χ4v) is 3.70. The van der Waals surface area contributed by atoms with E-state index < -0.39 is 10.0 Å². The summed E-state index contributed by atoms with van der Waals surface area (Å²) >= 11 is 0. The highest BCUT2D eigenvalue weighted by Gasteiger charge is 2.26. The predicted molar refractivity (Wildman–Crippen MR) is 104 cm³/mol. The van der Waals surface area contributed by atoms with Crippen molar-refractivity contribution in [3.8, 4) is 5.75 Å². The van der Waals surface area contributed by atoms with Gasteiger partial charge in [-0.15, -0.1) is 4.41 Å². The summed E-state index contributed by atoms with van der Waals surface area (Å²) in [5.41, 5.74) is 3.34. The van der Waals surface area contributed by atoms with E-state index in [-0.39, 0.29) is 23.8 Å². The van der Waals surface area contributed by atoms with Crippen LogP contribution in [0.1, 0.15) is 32.3 Å². The average molecular weight is 391 g/mol. The van der Waals surface area contributed by atoms with Gasteiger partial charge in [0.25, 0.3) is 10.0 Å². The van der Waals surface area contributed by atoms with E-state index in [1.54, 1.807) is 12.1 Å². The van der Waals surface area contributed by atoms with E-state index in [1.165, 1.54) is 19.2 Å². The van der Waals surface area contributed by atoms with Crippen molar-refractivity contribution in [2.45, 2.75) is 38.1 Å². The van der Waals surface area contributed by atoms with Crippen molar-refractivity contribution in [1.82, 2.24) is 9.84 Å². The van der Waals surface area contributed by atoms with Gasteiger partial charge in [-0.2, -0.15) is 0 Å². The lowest BCUT2D eigenvalue weighted by atomic mass is 10.1. The third kappa shape index (κ3) is 6.08. The number of carbonyl (C=O) groups is 1. The van der Waals surface area contributed by atoms with Crippen molar-refractivity contribution in [3.63, 3.8) is 0 Å². The Morgan fingerprint density at radius 1 is 1.07 bits per heavy atom. The third-order valence-electron chi connectivity index (χ3n) is 4.01. The summed E-state index contributed by atoms with van der Waals surface area (Å²) in [6, 6.07) is 15.2. The molecule has 0 aromatic heterocycles. The van der Waals surface area contributed by atoms with Crippen molar-refractivity contribution >= 4 is 15.9 Å². The van der Waals surface area contributed by atoms with E-state index in [2.05, 4.69) is 5.43 Å². The molecule has 0 aliphatic carbocycles. The van der Waals surface area contributed by atoms with Crippen LogP contribution >= 0.6 is 0 Å². The summed E-state index contributed by atoms with van der Waals surface area (Å²) in [7, 11) is -2.40. The van der Waals surface area contributed by atoms with Gasteiger partial charge in [-0.25, -0.2) is 8.42 Å². The Morgan fingerprint density at radius 3 is 2.26 bits per heavy atom. The van der Waals surface area contributed by atoms with Gasteiger partial charge in [0.1, 0.15) is 5.75 Å². The first-order valence-corrected chi connectivity index (χ1v) is 10.3. The van der Waals surface area contributed by atoms with Gasteiger partial charge < -0.3 is 4.74 Å². The molecule has 2 aromatic rings. The molecule has 0 saturated carbocycles. The van der Waals surface area contributed by atoms with Crippen LogP contribution in [-0.2, 0) is 21.4 Å². The first-order valence-electron chi connectivity index (χ1n) is 8.83. The van der Waals surface area contributed by atoms with Crippen LogP contribution in [0.5, 0.6) is 5.75 Å². The fraction of sp³-hybridized carbons (Fsp3) is 0.350. The van der Waals surface area contributed by atoms with Crippen LogP contribution in [0.15, 0.2) is 59.5 Å². The van der Waals surface area contributed by atoms with Crippen LogP contribution in [0, 0.1) is 5.92 Å². The van der Waals surface area contributed by atoms with E-state index in [0.717, 1.165) is 9.98 Å².